The van der Waals surface area contributed by atoms with E-state index in [1.165, 1.54) is 0 Å². The van der Waals surface area contributed by atoms with E-state index in [2.05, 4.69) is 5.32 Å². The minimum Gasteiger partial charge on any atom is -0.496 e. The van der Waals surface area contributed by atoms with Crippen molar-refractivity contribution in [1.82, 2.24) is 5.32 Å². The van der Waals surface area contributed by atoms with E-state index < -0.39 is 0 Å². The number of aliphatic hydroxyl groups excluding tert-OH is 1. The molecule has 1 heterocycles. The molecule has 0 bridgehead atoms. The highest BCUT2D eigenvalue weighted by Crippen LogP contribution is 2.35. The molecule has 2 aromatic rings. The van der Waals surface area contributed by atoms with Crippen LogP contribution in [0.15, 0.2) is 48.5 Å². The Kier molecular flexibility index (Phi) is 5.41. The van der Waals surface area contributed by atoms with E-state index in [1.807, 2.05) is 48.5 Å². The highest BCUT2D eigenvalue weighted by Gasteiger charge is 2.38. The van der Waals surface area contributed by atoms with Gasteiger partial charge in [0.05, 0.1) is 38.4 Å². The molecule has 4 nitrogen and oxygen atoms in total. The average molecular weight is 348 g/mol. The SMILES string of the molecule is COc1ccccc1C(NCC1(CO)COC1)c1ccccc1Cl. The van der Waals surface area contributed by atoms with Crippen molar-refractivity contribution in [2.24, 2.45) is 5.41 Å². The van der Waals surface area contributed by atoms with E-state index in [4.69, 9.17) is 21.1 Å². The third-order valence-electron chi connectivity index (χ3n) is 4.50. The summed E-state index contributed by atoms with van der Waals surface area (Å²) in [6.07, 6.45) is 0. The third kappa shape index (κ3) is 3.42. The molecule has 0 spiro atoms. The maximum atomic E-state index is 9.68. The number of para-hydroxylation sites is 1. The molecule has 24 heavy (non-hydrogen) atoms. The predicted molar refractivity (Wildman–Crippen MR) is 94.6 cm³/mol. The molecule has 2 aromatic carbocycles. The summed E-state index contributed by atoms with van der Waals surface area (Å²) in [7, 11) is 1.66. The van der Waals surface area contributed by atoms with Gasteiger partial charge in [-0.2, -0.15) is 0 Å². The number of benzene rings is 2. The van der Waals surface area contributed by atoms with Gasteiger partial charge in [0.1, 0.15) is 5.75 Å². The maximum Gasteiger partial charge on any atom is 0.123 e. The molecular formula is C19H22ClNO3. The lowest BCUT2D eigenvalue weighted by atomic mass is 9.86. The van der Waals surface area contributed by atoms with Crippen LogP contribution in [0.2, 0.25) is 5.02 Å². The molecule has 128 valence electrons. The van der Waals surface area contributed by atoms with E-state index in [-0.39, 0.29) is 18.1 Å². The molecule has 0 aliphatic carbocycles. The fourth-order valence-corrected chi connectivity index (χ4v) is 3.20. The lowest BCUT2D eigenvalue weighted by Crippen LogP contribution is -2.52. The van der Waals surface area contributed by atoms with Gasteiger partial charge in [-0.3, -0.25) is 0 Å². The van der Waals surface area contributed by atoms with Crippen molar-refractivity contribution in [3.63, 3.8) is 0 Å². The fraction of sp³-hybridized carbons (Fsp3) is 0.368. The smallest absolute Gasteiger partial charge is 0.123 e. The van der Waals surface area contributed by atoms with Gasteiger partial charge >= 0.3 is 0 Å². The van der Waals surface area contributed by atoms with Gasteiger partial charge < -0.3 is 19.9 Å². The second-order valence-corrected chi connectivity index (χ2v) is 6.64. The van der Waals surface area contributed by atoms with Crippen molar-refractivity contribution < 1.29 is 14.6 Å². The summed E-state index contributed by atoms with van der Waals surface area (Å²) in [6.45, 7) is 1.87. The lowest BCUT2D eigenvalue weighted by Gasteiger charge is -2.41. The molecule has 0 aromatic heterocycles. The Labute approximate surface area is 147 Å². The molecule has 0 saturated carbocycles. The molecule has 1 aliphatic rings. The topological polar surface area (TPSA) is 50.7 Å². The van der Waals surface area contributed by atoms with Crippen molar-refractivity contribution in [1.29, 1.82) is 0 Å². The molecule has 5 heteroatoms. The van der Waals surface area contributed by atoms with Crippen LogP contribution >= 0.6 is 11.6 Å². The Morgan fingerprint density at radius 3 is 2.42 bits per heavy atom. The predicted octanol–water partition coefficient (Wildman–Crippen LogP) is 3.04. The molecule has 1 aliphatic heterocycles. The molecule has 2 N–H and O–H groups in total. The molecule has 1 saturated heterocycles. The highest BCUT2D eigenvalue weighted by molar-refractivity contribution is 6.31. The summed E-state index contributed by atoms with van der Waals surface area (Å²) < 4.78 is 10.8. The quantitative estimate of drug-likeness (QED) is 0.808. The van der Waals surface area contributed by atoms with E-state index in [0.717, 1.165) is 16.9 Å². The zero-order chi connectivity index (χ0) is 17.0. The van der Waals surface area contributed by atoms with Gasteiger partial charge in [-0.1, -0.05) is 48.0 Å². The lowest BCUT2D eigenvalue weighted by molar-refractivity contribution is -0.134. The Morgan fingerprint density at radius 2 is 1.83 bits per heavy atom. The van der Waals surface area contributed by atoms with Gasteiger partial charge in [0.2, 0.25) is 0 Å². The second-order valence-electron chi connectivity index (χ2n) is 6.23. The second kappa shape index (κ2) is 7.53. The van der Waals surface area contributed by atoms with Crippen LogP contribution in [0, 0.1) is 5.41 Å². The molecule has 1 fully saturated rings. The van der Waals surface area contributed by atoms with Crippen molar-refractivity contribution in [3.05, 3.63) is 64.7 Å². The molecule has 0 amide bonds. The molecule has 3 rings (SSSR count). The summed E-state index contributed by atoms with van der Waals surface area (Å²) in [5.41, 5.74) is 1.78. The summed E-state index contributed by atoms with van der Waals surface area (Å²) in [5.74, 6) is 0.804. The normalized spacial score (nSPS) is 17.1. The summed E-state index contributed by atoms with van der Waals surface area (Å²) in [5, 5.41) is 13.9. The van der Waals surface area contributed by atoms with E-state index >= 15 is 0 Å². The van der Waals surface area contributed by atoms with Crippen molar-refractivity contribution >= 4 is 11.6 Å². The van der Waals surface area contributed by atoms with Crippen molar-refractivity contribution in [2.45, 2.75) is 6.04 Å². The Hall–Kier alpha value is -1.59. The summed E-state index contributed by atoms with van der Waals surface area (Å²) in [4.78, 5) is 0. The van der Waals surface area contributed by atoms with E-state index in [9.17, 15) is 5.11 Å². The highest BCUT2D eigenvalue weighted by atomic mass is 35.5. The van der Waals surface area contributed by atoms with Gasteiger partial charge in [0.25, 0.3) is 0 Å². The van der Waals surface area contributed by atoms with Crippen molar-refractivity contribution in [2.75, 3.05) is 33.5 Å². The van der Waals surface area contributed by atoms with Gasteiger partial charge in [0, 0.05) is 17.1 Å². The number of methoxy groups -OCH3 is 1. The van der Waals surface area contributed by atoms with Gasteiger partial charge in [-0.25, -0.2) is 0 Å². The summed E-state index contributed by atoms with van der Waals surface area (Å²) >= 11 is 6.44. The standard InChI is InChI=1S/C19H22ClNO3/c1-23-17-9-5-3-7-15(17)18(14-6-2-4-8-16(14)20)21-10-19(11-22)12-24-13-19/h2-9,18,21-22H,10-13H2,1H3. The van der Waals surface area contributed by atoms with Crippen LogP contribution in [-0.4, -0.2) is 38.6 Å². The van der Waals surface area contributed by atoms with Crippen LogP contribution in [-0.2, 0) is 4.74 Å². The van der Waals surface area contributed by atoms with Crippen LogP contribution in [0.25, 0.3) is 0 Å². The van der Waals surface area contributed by atoms with Crippen LogP contribution < -0.4 is 10.1 Å². The number of hydrogen-bond acceptors (Lipinski definition) is 4. The largest absolute Gasteiger partial charge is 0.496 e. The number of hydrogen-bond donors (Lipinski definition) is 2. The Bertz CT molecular complexity index is 682. The number of ether oxygens (including phenoxy) is 2. The van der Waals surface area contributed by atoms with Crippen LogP contribution in [0.4, 0.5) is 0 Å². The minimum atomic E-state index is -0.221. The molecular weight excluding hydrogens is 326 g/mol. The average Bonchev–Trinajstić information content (AvgIpc) is 2.59. The van der Waals surface area contributed by atoms with Crippen LogP contribution in [0.1, 0.15) is 17.2 Å². The number of nitrogens with one attached hydrogen (secondary N) is 1. The van der Waals surface area contributed by atoms with Crippen molar-refractivity contribution in [3.8, 4) is 5.75 Å². The van der Waals surface area contributed by atoms with Crippen LogP contribution in [0.5, 0.6) is 5.75 Å². The first-order valence-electron chi connectivity index (χ1n) is 7.98. The Morgan fingerprint density at radius 1 is 1.17 bits per heavy atom. The zero-order valence-electron chi connectivity index (χ0n) is 13.7. The van der Waals surface area contributed by atoms with E-state index in [0.29, 0.717) is 24.8 Å². The fourth-order valence-electron chi connectivity index (χ4n) is 2.96. The van der Waals surface area contributed by atoms with Gasteiger partial charge in [-0.05, 0) is 17.7 Å². The molecule has 1 atom stereocenters. The minimum absolute atomic E-state index is 0.0984. The number of halogens is 1. The summed E-state index contributed by atoms with van der Waals surface area (Å²) in [6, 6.07) is 15.6. The maximum absolute atomic E-state index is 9.68. The number of aliphatic hydroxyl groups is 1. The van der Waals surface area contributed by atoms with E-state index in [1.54, 1.807) is 7.11 Å². The molecule has 0 radical (unpaired) electrons. The van der Waals surface area contributed by atoms with Gasteiger partial charge in [-0.15, -0.1) is 0 Å². The first-order valence-corrected chi connectivity index (χ1v) is 8.36. The zero-order valence-corrected chi connectivity index (χ0v) is 14.4. The Balaban J connectivity index is 1.93. The first kappa shape index (κ1) is 17.2. The monoisotopic (exact) mass is 347 g/mol. The van der Waals surface area contributed by atoms with Crippen LogP contribution in [0.3, 0.4) is 0 Å². The first-order chi connectivity index (χ1) is 11.7. The molecule has 1 unspecified atom stereocenters. The van der Waals surface area contributed by atoms with Gasteiger partial charge in [0.15, 0.2) is 0 Å². The third-order valence-corrected chi connectivity index (χ3v) is 4.84. The number of rotatable bonds is 7.